The van der Waals surface area contributed by atoms with Crippen molar-refractivity contribution in [3.63, 3.8) is 0 Å². The molecule has 0 aliphatic heterocycles. The average molecular weight is 439 g/mol. The van der Waals surface area contributed by atoms with Crippen molar-refractivity contribution >= 4 is 32.7 Å². The van der Waals surface area contributed by atoms with Crippen molar-refractivity contribution in [1.29, 1.82) is 0 Å². The SMILES string of the molecule is O=C(O)CCc1ccc(S(=O)(=O)Nc2ccc3nc(-c4ccc(F)cc4)[nH]c3c2)cc1. The van der Waals surface area contributed by atoms with Gasteiger partial charge in [-0.05, 0) is 66.6 Å². The number of carbonyl (C=O) groups is 1. The summed E-state index contributed by atoms with van der Waals surface area (Å²) >= 11 is 0. The number of halogens is 1. The fraction of sp³-hybridized carbons (Fsp3) is 0.0909. The van der Waals surface area contributed by atoms with Crippen molar-refractivity contribution in [3.8, 4) is 11.4 Å². The number of aryl methyl sites for hydroxylation is 1. The van der Waals surface area contributed by atoms with E-state index >= 15 is 0 Å². The number of nitrogens with zero attached hydrogens (tertiary/aromatic N) is 1. The number of benzene rings is 3. The number of carboxylic acids is 1. The lowest BCUT2D eigenvalue weighted by atomic mass is 10.1. The van der Waals surface area contributed by atoms with Gasteiger partial charge in [0.1, 0.15) is 11.6 Å². The summed E-state index contributed by atoms with van der Waals surface area (Å²) in [5.74, 6) is -0.700. The van der Waals surface area contributed by atoms with E-state index in [2.05, 4.69) is 14.7 Å². The van der Waals surface area contributed by atoms with E-state index in [1.54, 1.807) is 42.5 Å². The minimum atomic E-state index is -3.82. The van der Waals surface area contributed by atoms with Crippen molar-refractivity contribution in [3.05, 3.63) is 78.1 Å². The molecular weight excluding hydrogens is 421 g/mol. The molecule has 1 heterocycles. The van der Waals surface area contributed by atoms with E-state index < -0.39 is 16.0 Å². The molecule has 0 radical (unpaired) electrons. The Morgan fingerprint density at radius 2 is 1.74 bits per heavy atom. The smallest absolute Gasteiger partial charge is 0.303 e. The highest BCUT2D eigenvalue weighted by molar-refractivity contribution is 7.92. The summed E-state index contributed by atoms with van der Waals surface area (Å²) in [4.78, 5) is 18.3. The topological polar surface area (TPSA) is 112 Å². The normalized spacial score (nSPS) is 11.5. The van der Waals surface area contributed by atoms with Gasteiger partial charge in [-0.1, -0.05) is 12.1 Å². The second-order valence-corrected chi connectivity index (χ2v) is 8.65. The van der Waals surface area contributed by atoms with Gasteiger partial charge in [-0.2, -0.15) is 0 Å². The van der Waals surface area contributed by atoms with E-state index in [-0.39, 0.29) is 17.1 Å². The number of hydrogen-bond acceptors (Lipinski definition) is 4. The quantitative estimate of drug-likeness (QED) is 0.400. The summed E-state index contributed by atoms with van der Waals surface area (Å²) in [6.45, 7) is 0. The Labute approximate surface area is 177 Å². The maximum absolute atomic E-state index is 13.1. The molecule has 0 saturated carbocycles. The molecule has 158 valence electrons. The summed E-state index contributed by atoms with van der Waals surface area (Å²) in [7, 11) is -3.82. The van der Waals surface area contributed by atoms with Gasteiger partial charge < -0.3 is 10.1 Å². The third kappa shape index (κ3) is 4.72. The van der Waals surface area contributed by atoms with E-state index in [0.29, 0.717) is 34.5 Å². The Kier molecular flexibility index (Phi) is 5.43. The second kappa shape index (κ2) is 8.19. The maximum Gasteiger partial charge on any atom is 0.303 e. The Morgan fingerprint density at radius 1 is 1.03 bits per heavy atom. The monoisotopic (exact) mass is 439 g/mol. The predicted octanol–water partition coefficient (Wildman–Crippen LogP) is 4.19. The summed E-state index contributed by atoms with van der Waals surface area (Å²) in [6.07, 6.45) is 0.310. The van der Waals surface area contributed by atoms with Gasteiger partial charge in [-0.15, -0.1) is 0 Å². The van der Waals surface area contributed by atoms with E-state index in [9.17, 15) is 17.6 Å². The summed E-state index contributed by atoms with van der Waals surface area (Å²) < 4.78 is 41.1. The minimum Gasteiger partial charge on any atom is -0.481 e. The standard InChI is InChI=1S/C22H18FN3O4S/c23-16-6-4-15(5-7-16)22-24-19-11-8-17(13-20(19)25-22)26-31(29,30)18-9-1-14(2-10-18)3-12-21(27)28/h1-2,4-11,13,26H,3,12H2,(H,24,25)(H,27,28). The molecule has 9 heteroatoms. The van der Waals surface area contributed by atoms with Crippen molar-refractivity contribution in [2.45, 2.75) is 17.7 Å². The van der Waals surface area contributed by atoms with Gasteiger partial charge in [0.05, 0.1) is 21.6 Å². The molecule has 0 bridgehead atoms. The van der Waals surface area contributed by atoms with Crippen molar-refractivity contribution in [1.82, 2.24) is 9.97 Å². The summed E-state index contributed by atoms with van der Waals surface area (Å²) in [5.41, 5.74) is 3.08. The number of anilines is 1. The molecule has 1 aromatic heterocycles. The third-order valence-electron chi connectivity index (χ3n) is 4.71. The third-order valence-corrected chi connectivity index (χ3v) is 6.11. The van der Waals surface area contributed by atoms with Gasteiger partial charge in [-0.25, -0.2) is 17.8 Å². The number of sulfonamides is 1. The van der Waals surface area contributed by atoms with Crippen LogP contribution in [0.25, 0.3) is 22.4 Å². The minimum absolute atomic E-state index is 0.0194. The highest BCUT2D eigenvalue weighted by Crippen LogP contribution is 2.24. The molecule has 0 amide bonds. The number of carboxylic acid groups (broad SMARTS) is 1. The van der Waals surface area contributed by atoms with Crippen molar-refractivity contribution in [2.75, 3.05) is 4.72 Å². The second-order valence-electron chi connectivity index (χ2n) is 6.97. The molecule has 0 spiro atoms. The number of H-pyrrole nitrogens is 1. The average Bonchev–Trinajstić information content (AvgIpc) is 3.16. The summed E-state index contributed by atoms with van der Waals surface area (Å²) in [6, 6.07) is 16.9. The van der Waals surface area contributed by atoms with Crippen LogP contribution in [0.4, 0.5) is 10.1 Å². The van der Waals surface area contributed by atoms with Gasteiger partial charge in [0.2, 0.25) is 0 Å². The molecule has 4 rings (SSSR count). The van der Waals surface area contributed by atoms with Crippen LogP contribution in [0.1, 0.15) is 12.0 Å². The Balaban J connectivity index is 1.54. The molecule has 4 aromatic rings. The number of hydrogen-bond donors (Lipinski definition) is 3. The molecular formula is C22H18FN3O4S. The number of aromatic nitrogens is 2. The first-order chi connectivity index (χ1) is 14.8. The number of nitrogens with one attached hydrogen (secondary N) is 2. The molecule has 0 saturated heterocycles. The first-order valence-electron chi connectivity index (χ1n) is 9.39. The van der Waals surface area contributed by atoms with Crippen LogP contribution >= 0.6 is 0 Å². The first kappa shape index (κ1) is 20.5. The van der Waals surface area contributed by atoms with E-state index in [1.165, 1.54) is 24.3 Å². The van der Waals surface area contributed by atoms with Gasteiger partial charge in [0, 0.05) is 12.0 Å². The van der Waals surface area contributed by atoms with Crippen LogP contribution in [0.15, 0.2) is 71.6 Å². The van der Waals surface area contributed by atoms with Crippen LogP contribution < -0.4 is 4.72 Å². The number of aromatic amines is 1. The highest BCUT2D eigenvalue weighted by Gasteiger charge is 2.15. The zero-order chi connectivity index (χ0) is 22.0. The van der Waals surface area contributed by atoms with Gasteiger partial charge in [0.15, 0.2) is 0 Å². The lowest BCUT2D eigenvalue weighted by Gasteiger charge is -2.09. The fourth-order valence-electron chi connectivity index (χ4n) is 3.12. The van der Waals surface area contributed by atoms with E-state index in [4.69, 9.17) is 5.11 Å². The fourth-order valence-corrected chi connectivity index (χ4v) is 4.17. The van der Waals surface area contributed by atoms with Gasteiger partial charge in [-0.3, -0.25) is 9.52 Å². The van der Waals surface area contributed by atoms with Crippen LogP contribution in [0.2, 0.25) is 0 Å². The lowest BCUT2D eigenvalue weighted by molar-refractivity contribution is -0.136. The highest BCUT2D eigenvalue weighted by atomic mass is 32.2. The molecule has 0 unspecified atom stereocenters. The van der Waals surface area contributed by atoms with Crippen LogP contribution in [-0.2, 0) is 21.2 Å². The Bertz CT molecular complexity index is 1350. The molecule has 0 aliphatic rings. The lowest BCUT2D eigenvalue weighted by Crippen LogP contribution is -2.13. The van der Waals surface area contributed by atoms with Crippen LogP contribution in [-0.4, -0.2) is 29.5 Å². The van der Waals surface area contributed by atoms with E-state index in [1.807, 2.05) is 0 Å². The van der Waals surface area contributed by atoms with Crippen LogP contribution in [0, 0.1) is 5.82 Å². The summed E-state index contributed by atoms with van der Waals surface area (Å²) in [5, 5.41) is 8.75. The van der Waals surface area contributed by atoms with Gasteiger partial charge >= 0.3 is 5.97 Å². The first-order valence-corrected chi connectivity index (χ1v) is 10.9. The molecule has 0 atom stereocenters. The van der Waals surface area contributed by atoms with Crippen molar-refractivity contribution in [2.24, 2.45) is 0 Å². The number of aliphatic carboxylic acids is 1. The van der Waals surface area contributed by atoms with Crippen LogP contribution in [0.5, 0.6) is 0 Å². The zero-order valence-electron chi connectivity index (χ0n) is 16.2. The Hall–Kier alpha value is -3.72. The number of fused-ring (bicyclic) bond motifs is 1. The van der Waals surface area contributed by atoms with E-state index in [0.717, 1.165) is 5.56 Å². The predicted molar refractivity (Wildman–Crippen MR) is 115 cm³/mol. The maximum atomic E-state index is 13.1. The molecule has 7 nitrogen and oxygen atoms in total. The molecule has 0 aliphatic carbocycles. The molecule has 31 heavy (non-hydrogen) atoms. The number of rotatable bonds is 7. The largest absolute Gasteiger partial charge is 0.481 e. The van der Waals surface area contributed by atoms with Gasteiger partial charge in [0.25, 0.3) is 10.0 Å². The molecule has 0 fully saturated rings. The Morgan fingerprint density at radius 3 is 2.42 bits per heavy atom. The molecule has 3 N–H and O–H groups in total. The van der Waals surface area contributed by atoms with Crippen molar-refractivity contribution < 1.29 is 22.7 Å². The van der Waals surface area contributed by atoms with Crippen LogP contribution in [0.3, 0.4) is 0 Å². The number of imidazole rings is 1. The molecule has 3 aromatic carbocycles. The zero-order valence-corrected chi connectivity index (χ0v) is 17.0.